The highest BCUT2D eigenvalue weighted by Crippen LogP contribution is 2.20. The minimum atomic E-state index is -0.373. The second-order valence-electron chi connectivity index (χ2n) is 6.23. The smallest absolute Gasteiger partial charge is 0.254 e. The van der Waals surface area contributed by atoms with Crippen molar-refractivity contribution in [2.75, 3.05) is 6.54 Å². The zero-order valence-corrected chi connectivity index (χ0v) is 13.9. The molecule has 1 atom stereocenters. The number of nitrogens with zero attached hydrogens (tertiary/aromatic N) is 1. The van der Waals surface area contributed by atoms with Crippen molar-refractivity contribution in [2.45, 2.75) is 32.4 Å². The maximum absolute atomic E-state index is 12.7. The first-order valence-corrected chi connectivity index (χ1v) is 8.34. The van der Waals surface area contributed by atoms with Crippen LogP contribution in [-0.4, -0.2) is 29.3 Å². The molecule has 0 unspecified atom stereocenters. The molecule has 0 spiro atoms. The van der Waals surface area contributed by atoms with Crippen LogP contribution in [0.1, 0.15) is 34.3 Å². The summed E-state index contributed by atoms with van der Waals surface area (Å²) in [6.07, 6.45) is 1.58. The summed E-state index contributed by atoms with van der Waals surface area (Å²) in [7, 11) is 0. The molecule has 0 bridgehead atoms. The predicted molar refractivity (Wildman–Crippen MR) is 93.5 cm³/mol. The van der Waals surface area contributed by atoms with Crippen molar-refractivity contribution < 1.29 is 9.59 Å². The Balaban J connectivity index is 1.65. The monoisotopic (exact) mass is 322 g/mol. The Kier molecular flexibility index (Phi) is 4.94. The van der Waals surface area contributed by atoms with E-state index in [1.165, 1.54) is 0 Å². The van der Waals surface area contributed by atoms with Crippen LogP contribution in [0.25, 0.3) is 0 Å². The highest BCUT2D eigenvalue weighted by Gasteiger charge is 2.34. The summed E-state index contributed by atoms with van der Waals surface area (Å²) in [5, 5.41) is 2.95. The van der Waals surface area contributed by atoms with Crippen LogP contribution < -0.4 is 5.32 Å². The van der Waals surface area contributed by atoms with Gasteiger partial charge in [-0.15, -0.1) is 0 Å². The zero-order valence-electron chi connectivity index (χ0n) is 13.9. The summed E-state index contributed by atoms with van der Waals surface area (Å²) < 4.78 is 0. The average Bonchev–Trinajstić information content (AvgIpc) is 3.10. The number of likely N-dealkylation sites (tertiary alicyclic amines) is 1. The largest absolute Gasteiger partial charge is 0.350 e. The summed E-state index contributed by atoms with van der Waals surface area (Å²) in [5.74, 6) is -0.135. The molecule has 0 aliphatic carbocycles. The first-order chi connectivity index (χ1) is 11.6. The van der Waals surface area contributed by atoms with Crippen molar-refractivity contribution in [2.24, 2.45) is 0 Å². The third kappa shape index (κ3) is 3.65. The standard InChI is InChI=1S/C20H22N2O2/c1-15-9-11-17(12-10-15)20(24)22-13-5-8-18(22)19(23)21-14-16-6-3-2-4-7-16/h2-4,6-7,9-12,18H,5,8,13-14H2,1H3,(H,21,23)/t18-/m0/s1. The average molecular weight is 322 g/mol. The van der Waals surface area contributed by atoms with Crippen LogP contribution >= 0.6 is 0 Å². The third-order valence-corrected chi connectivity index (χ3v) is 4.42. The lowest BCUT2D eigenvalue weighted by atomic mass is 10.1. The van der Waals surface area contributed by atoms with Gasteiger partial charge in [0.25, 0.3) is 5.91 Å². The van der Waals surface area contributed by atoms with Crippen molar-refractivity contribution >= 4 is 11.8 Å². The molecule has 2 aromatic carbocycles. The third-order valence-electron chi connectivity index (χ3n) is 4.42. The van der Waals surface area contributed by atoms with Gasteiger partial charge in [-0.1, -0.05) is 48.0 Å². The number of aryl methyl sites for hydroxylation is 1. The van der Waals surface area contributed by atoms with Crippen LogP contribution in [-0.2, 0) is 11.3 Å². The van der Waals surface area contributed by atoms with Crippen molar-refractivity contribution in [3.05, 3.63) is 71.3 Å². The summed E-state index contributed by atoms with van der Waals surface area (Å²) in [4.78, 5) is 26.9. The summed E-state index contributed by atoms with van der Waals surface area (Å²) in [5.41, 5.74) is 2.81. The molecule has 0 saturated carbocycles. The molecule has 3 rings (SSSR count). The van der Waals surface area contributed by atoms with Gasteiger partial charge >= 0.3 is 0 Å². The molecule has 124 valence electrons. The maximum atomic E-state index is 12.7. The lowest BCUT2D eigenvalue weighted by Gasteiger charge is -2.24. The van der Waals surface area contributed by atoms with Gasteiger partial charge in [0.05, 0.1) is 0 Å². The minimum Gasteiger partial charge on any atom is -0.350 e. The van der Waals surface area contributed by atoms with Gasteiger partial charge in [0.2, 0.25) is 5.91 Å². The minimum absolute atomic E-state index is 0.0626. The Bertz CT molecular complexity index is 710. The van der Waals surface area contributed by atoms with Gasteiger partial charge in [-0.05, 0) is 37.5 Å². The van der Waals surface area contributed by atoms with E-state index < -0.39 is 0 Å². The first-order valence-electron chi connectivity index (χ1n) is 8.34. The fourth-order valence-corrected chi connectivity index (χ4v) is 3.05. The van der Waals surface area contributed by atoms with Gasteiger partial charge < -0.3 is 10.2 Å². The number of hydrogen-bond acceptors (Lipinski definition) is 2. The highest BCUT2D eigenvalue weighted by atomic mass is 16.2. The summed E-state index contributed by atoms with van der Waals surface area (Å²) in [6, 6.07) is 16.9. The first kappa shape index (κ1) is 16.2. The SMILES string of the molecule is Cc1ccc(C(=O)N2CCC[C@H]2C(=O)NCc2ccccc2)cc1. The molecule has 1 fully saturated rings. The van der Waals surface area contributed by atoms with Crippen LogP contribution in [0, 0.1) is 6.92 Å². The van der Waals surface area contributed by atoms with Crippen LogP contribution in [0.3, 0.4) is 0 Å². The number of rotatable bonds is 4. The molecule has 0 aromatic heterocycles. The molecule has 1 N–H and O–H groups in total. The Labute approximate surface area is 142 Å². The van der Waals surface area contributed by atoms with E-state index in [-0.39, 0.29) is 17.9 Å². The molecule has 0 radical (unpaired) electrons. The fourth-order valence-electron chi connectivity index (χ4n) is 3.05. The number of carbonyl (C=O) groups is 2. The van der Waals surface area contributed by atoms with Crippen LogP contribution in [0.4, 0.5) is 0 Å². The van der Waals surface area contributed by atoms with Crippen molar-refractivity contribution in [3.63, 3.8) is 0 Å². The van der Waals surface area contributed by atoms with E-state index in [0.717, 1.165) is 24.0 Å². The molecule has 24 heavy (non-hydrogen) atoms. The Hall–Kier alpha value is -2.62. The molecule has 1 aliphatic rings. The highest BCUT2D eigenvalue weighted by molar-refractivity contribution is 5.98. The molecule has 4 heteroatoms. The molecule has 2 amide bonds. The molecular weight excluding hydrogens is 300 g/mol. The van der Waals surface area contributed by atoms with Gasteiger partial charge in [-0.25, -0.2) is 0 Å². The molecule has 1 aliphatic heterocycles. The Morgan fingerprint density at radius 3 is 2.50 bits per heavy atom. The van der Waals surface area contributed by atoms with Gasteiger partial charge in [-0.3, -0.25) is 9.59 Å². The molecule has 1 heterocycles. The van der Waals surface area contributed by atoms with Gasteiger partial charge in [0.1, 0.15) is 6.04 Å². The number of carbonyl (C=O) groups excluding carboxylic acids is 2. The van der Waals surface area contributed by atoms with E-state index in [1.807, 2.05) is 61.5 Å². The lowest BCUT2D eigenvalue weighted by Crippen LogP contribution is -2.45. The maximum Gasteiger partial charge on any atom is 0.254 e. The normalized spacial score (nSPS) is 16.9. The van der Waals surface area contributed by atoms with Crippen LogP contribution in [0.5, 0.6) is 0 Å². The van der Waals surface area contributed by atoms with E-state index in [1.54, 1.807) is 4.90 Å². The second-order valence-corrected chi connectivity index (χ2v) is 6.23. The van der Waals surface area contributed by atoms with Gasteiger partial charge in [-0.2, -0.15) is 0 Å². The molecule has 4 nitrogen and oxygen atoms in total. The Morgan fingerprint density at radius 2 is 1.79 bits per heavy atom. The lowest BCUT2D eigenvalue weighted by molar-refractivity contribution is -0.125. The van der Waals surface area contributed by atoms with Crippen molar-refractivity contribution in [3.8, 4) is 0 Å². The topological polar surface area (TPSA) is 49.4 Å². The van der Waals surface area contributed by atoms with Gasteiger partial charge in [0, 0.05) is 18.7 Å². The van der Waals surface area contributed by atoms with E-state index in [9.17, 15) is 9.59 Å². The van der Waals surface area contributed by atoms with E-state index >= 15 is 0 Å². The summed E-state index contributed by atoms with van der Waals surface area (Å²) >= 11 is 0. The summed E-state index contributed by atoms with van der Waals surface area (Å²) in [6.45, 7) is 3.11. The zero-order chi connectivity index (χ0) is 16.9. The fraction of sp³-hybridized carbons (Fsp3) is 0.300. The second kappa shape index (κ2) is 7.30. The molecule has 1 saturated heterocycles. The quantitative estimate of drug-likeness (QED) is 0.941. The number of hydrogen-bond donors (Lipinski definition) is 1. The van der Waals surface area contributed by atoms with E-state index in [2.05, 4.69) is 5.32 Å². The predicted octanol–water partition coefficient (Wildman–Crippen LogP) is 2.92. The molecular formula is C20H22N2O2. The van der Waals surface area contributed by atoms with Gasteiger partial charge in [0.15, 0.2) is 0 Å². The van der Waals surface area contributed by atoms with Crippen molar-refractivity contribution in [1.29, 1.82) is 0 Å². The number of benzene rings is 2. The Morgan fingerprint density at radius 1 is 1.08 bits per heavy atom. The molecule has 2 aromatic rings. The van der Waals surface area contributed by atoms with E-state index in [4.69, 9.17) is 0 Å². The van der Waals surface area contributed by atoms with Crippen molar-refractivity contribution in [1.82, 2.24) is 10.2 Å². The van der Waals surface area contributed by atoms with Crippen LogP contribution in [0.15, 0.2) is 54.6 Å². The van der Waals surface area contributed by atoms with E-state index in [0.29, 0.717) is 18.7 Å². The van der Waals surface area contributed by atoms with Crippen LogP contribution in [0.2, 0.25) is 0 Å². The number of nitrogens with one attached hydrogen (secondary N) is 1. The number of amides is 2.